The molecule has 0 unspecified atom stereocenters. The van der Waals surface area contributed by atoms with Gasteiger partial charge >= 0.3 is 6.09 Å². The van der Waals surface area contributed by atoms with Crippen LogP contribution in [0.1, 0.15) is 19.3 Å². The molecule has 1 aliphatic rings. The Kier molecular flexibility index (Phi) is 4.20. The van der Waals surface area contributed by atoms with Gasteiger partial charge in [0.1, 0.15) is 5.75 Å². The van der Waals surface area contributed by atoms with Crippen LogP contribution in [0.4, 0.5) is 4.79 Å². The Bertz CT molecular complexity index is 604. The second-order valence-corrected chi connectivity index (χ2v) is 5.31. The highest BCUT2D eigenvalue weighted by molar-refractivity contribution is 5.72. The van der Waals surface area contributed by atoms with Gasteiger partial charge in [-0.05, 0) is 42.5 Å². The number of hydrogen-bond acceptors (Lipinski definition) is 2. The van der Waals surface area contributed by atoms with E-state index in [-0.39, 0.29) is 6.09 Å². The van der Waals surface area contributed by atoms with Crippen LogP contribution in [0.2, 0.25) is 0 Å². The number of carbonyl (C=O) groups is 1. The molecule has 1 saturated heterocycles. The second kappa shape index (κ2) is 6.44. The lowest BCUT2D eigenvalue weighted by molar-refractivity contribution is 0.142. The molecule has 1 heterocycles. The average Bonchev–Trinajstić information content (AvgIpc) is 2.57. The number of likely N-dealkylation sites (tertiary alicyclic amines) is 1. The first-order chi connectivity index (χ1) is 10.3. The largest absolute Gasteiger partial charge is 0.415 e. The van der Waals surface area contributed by atoms with Gasteiger partial charge in [-0.15, -0.1) is 0 Å². The molecule has 2 aromatic carbocycles. The number of hydrogen-bond donors (Lipinski definition) is 0. The number of rotatable bonds is 2. The maximum Gasteiger partial charge on any atom is 0.415 e. The zero-order valence-corrected chi connectivity index (χ0v) is 12.0. The lowest BCUT2D eigenvalue weighted by atomic mass is 10.1. The van der Waals surface area contributed by atoms with Crippen LogP contribution >= 0.6 is 0 Å². The van der Waals surface area contributed by atoms with Gasteiger partial charge < -0.3 is 9.64 Å². The molecule has 108 valence electrons. The molecule has 0 spiro atoms. The predicted octanol–water partition coefficient (Wildman–Crippen LogP) is 4.34. The zero-order chi connectivity index (χ0) is 14.5. The monoisotopic (exact) mass is 281 g/mol. The van der Waals surface area contributed by atoms with Gasteiger partial charge in [0, 0.05) is 13.1 Å². The van der Waals surface area contributed by atoms with Gasteiger partial charge in [0.05, 0.1) is 0 Å². The van der Waals surface area contributed by atoms with Crippen LogP contribution in [-0.4, -0.2) is 24.1 Å². The fraction of sp³-hybridized carbons (Fsp3) is 0.278. The maximum absolute atomic E-state index is 12.1. The summed E-state index contributed by atoms with van der Waals surface area (Å²) in [5.41, 5.74) is 2.17. The first-order valence-electron chi connectivity index (χ1n) is 7.45. The number of nitrogens with zero attached hydrogens (tertiary/aromatic N) is 1. The molecule has 2 aromatic rings. The van der Waals surface area contributed by atoms with Gasteiger partial charge in [-0.3, -0.25) is 0 Å². The summed E-state index contributed by atoms with van der Waals surface area (Å²) >= 11 is 0. The average molecular weight is 281 g/mol. The normalized spacial score (nSPS) is 14.8. The van der Waals surface area contributed by atoms with Crippen molar-refractivity contribution in [1.82, 2.24) is 4.90 Å². The van der Waals surface area contributed by atoms with E-state index in [0.29, 0.717) is 5.75 Å². The molecule has 0 atom stereocenters. The van der Waals surface area contributed by atoms with Crippen molar-refractivity contribution in [3.63, 3.8) is 0 Å². The first kappa shape index (κ1) is 13.7. The summed E-state index contributed by atoms with van der Waals surface area (Å²) < 4.78 is 5.50. The Morgan fingerprint density at radius 2 is 1.57 bits per heavy atom. The van der Waals surface area contributed by atoms with Gasteiger partial charge in [0.2, 0.25) is 0 Å². The van der Waals surface area contributed by atoms with E-state index in [9.17, 15) is 4.79 Å². The topological polar surface area (TPSA) is 29.5 Å². The molecule has 0 aromatic heterocycles. The smallest absolute Gasteiger partial charge is 0.410 e. The standard InChI is InChI=1S/C18H19NO2/c20-18(19-12-5-2-6-13-19)21-17-11-7-10-16(14-17)15-8-3-1-4-9-15/h1,3-4,7-11,14H,2,5-6,12-13H2. The lowest BCUT2D eigenvalue weighted by Crippen LogP contribution is -2.37. The molecule has 0 aliphatic carbocycles. The van der Waals surface area contributed by atoms with Crippen LogP contribution in [0.5, 0.6) is 5.75 Å². The zero-order valence-electron chi connectivity index (χ0n) is 12.0. The Hall–Kier alpha value is -2.29. The third-order valence-corrected chi connectivity index (χ3v) is 3.76. The molecule has 3 heteroatoms. The predicted molar refractivity (Wildman–Crippen MR) is 83.3 cm³/mol. The van der Waals surface area contributed by atoms with E-state index < -0.39 is 0 Å². The highest BCUT2D eigenvalue weighted by Crippen LogP contribution is 2.24. The van der Waals surface area contributed by atoms with E-state index in [2.05, 4.69) is 0 Å². The van der Waals surface area contributed by atoms with Crippen molar-refractivity contribution in [3.05, 3.63) is 54.6 Å². The van der Waals surface area contributed by atoms with Crippen molar-refractivity contribution in [2.75, 3.05) is 13.1 Å². The Balaban J connectivity index is 1.73. The molecule has 0 saturated carbocycles. The fourth-order valence-corrected chi connectivity index (χ4v) is 2.61. The van der Waals surface area contributed by atoms with Gasteiger partial charge in [-0.1, -0.05) is 42.5 Å². The second-order valence-electron chi connectivity index (χ2n) is 5.31. The van der Waals surface area contributed by atoms with Crippen LogP contribution < -0.4 is 4.74 Å². The first-order valence-corrected chi connectivity index (χ1v) is 7.45. The minimum atomic E-state index is -0.236. The third kappa shape index (κ3) is 3.43. The molecule has 21 heavy (non-hydrogen) atoms. The Morgan fingerprint density at radius 3 is 2.33 bits per heavy atom. The molecule has 0 N–H and O–H groups in total. The summed E-state index contributed by atoms with van der Waals surface area (Å²) in [4.78, 5) is 13.9. The van der Waals surface area contributed by atoms with E-state index in [1.807, 2.05) is 54.6 Å². The van der Waals surface area contributed by atoms with Crippen LogP contribution in [0, 0.1) is 0 Å². The number of amides is 1. The maximum atomic E-state index is 12.1. The summed E-state index contributed by atoms with van der Waals surface area (Å²) in [6, 6.07) is 17.8. The summed E-state index contributed by atoms with van der Waals surface area (Å²) in [6.45, 7) is 1.61. The number of carbonyl (C=O) groups excluding carboxylic acids is 1. The molecule has 1 amide bonds. The van der Waals surface area contributed by atoms with Crippen molar-refractivity contribution in [2.24, 2.45) is 0 Å². The molecule has 1 fully saturated rings. The van der Waals surface area contributed by atoms with E-state index in [0.717, 1.165) is 37.1 Å². The molecule has 0 bridgehead atoms. The van der Waals surface area contributed by atoms with E-state index in [4.69, 9.17) is 4.74 Å². The van der Waals surface area contributed by atoms with Crippen LogP contribution in [0.25, 0.3) is 11.1 Å². The number of piperidine rings is 1. The molecule has 1 aliphatic heterocycles. The van der Waals surface area contributed by atoms with Gasteiger partial charge in [0.15, 0.2) is 0 Å². The third-order valence-electron chi connectivity index (χ3n) is 3.76. The van der Waals surface area contributed by atoms with Gasteiger partial charge in [0.25, 0.3) is 0 Å². The minimum absolute atomic E-state index is 0.236. The lowest BCUT2D eigenvalue weighted by Gasteiger charge is -2.25. The SMILES string of the molecule is O=C(Oc1cccc(-c2ccccc2)c1)N1CCCCC1. The molecule has 3 rings (SSSR count). The van der Waals surface area contributed by atoms with Gasteiger partial charge in [-0.2, -0.15) is 0 Å². The van der Waals surface area contributed by atoms with Crippen LogP contribution in [-0.2, 0) is 0 Å². The Morgan fingerprint density at radius 1 is 0.857 bits per heavy atom. The van der Waals surface area contributed by atoms with Crippen LogP contribution in [0.15, 0.2) is 54.6 Å². The van der Waals surface area contributed by atoms with Crippen molar-refractivity contribution < 1.29 is 9.53 Å². The van der Waals surface area contributed by atoms with Crippen molar-refractivity contribution in [3.8, 4) is 16.9 Å². The quantitative estimate of drug-likeness (QED) is 0.819. The molecular weight excluding hydrogens is 262 g/mol. The highest BCUT2D eigenvalue weighted by Gasteiger charge is 2.18. The van der Waals surface area contributed by atoms with Crippen molar-refractivity contribution in [1.29, 1.82) is 0 Å². The fourth-order valence-electron chi connectivity index (χ4n) is 2.61. The molecule has 0 radical (unpaired) electrons. The highest BCUT2D eigenvalue weighted by atomic mass is 16.6. The number of ether oxygens (including phenoxy) is 1. The molecular formula is C18H19NO2. The van der Waals surface area contributed by atoms with Gasteiger partial charge in [-0.25, -0.2) is 4.79 Å². The number of benzene rings is 2. The summed E-state index contributed by atoms with van der Waals surface area (Å²) in [5.74, 6) is 0.604. The van der Waals surface area contributed by atoms with Crippen molar-refractivity contribution >= 4 is 6.09 Å². The van der Waals surface area contributed by atoms with E-state index >= 15 is 0 Å². The Labute approximate surface area is 125 Å². The summed E-state index contributed by atoms with van der Waals surface area (Å²) in [5, 5.41) is 0. The van der Waals surface area contributed by atoms with E-state index in [1.165, 1.54) is 6.42 Å². The summed E-state index contributed by atoms with van der Waals surface area (Å²) in [7, 11) is 0. The van der Waals surface area contributed by atoms with Crippen molar-refractivity contribution in [2.45, 2.75) is 19.3 Å². The summed E-state index contributed by atoms with van der Waals surface area (Å²) in [6.07, 6.45) is 3.10. The minimum Gasteiger partial charge on any atom is -0.410 e. The molecule has 3 nitrogen and oxygen atoms in total. The van der Waals surface area contributed by atoms with Crippen LogP contribution in [0.3, 0.4) is 0 Å². The van der Waals surface area contributed by atoms with E-state index in [1.54, 1.807) is 4.90 Å².